The molecule has 0 aromatic heterocycles. The molecule has 0 amide bonds. The minimum absolute atomic E-state index is 0.0966. The number of hydrogen-bond acceptors (Lipinski definition) is 2. The number of halogens is 1. The van der Waals surface area contributed by atoms with Gasteiger partial charge in [-0.1, -0.05) is 57.5 Å². The highest BCUT2D eigenvalue weighted by Gasteiger charge is 2.22. The number of allylic oxidation sites excluding steroid dienone is 2. The van der Waals surface area contributed by atoms with Crippen molar-refractivity contribution in [3.05, 3.63) is 59.0 Å². The van der Waals surface area contributed by atoms with E-state index in [4.69, 9.17) is 5.73 Å². The van der Waals surface area contributed by atoms with Crippen molar-refractivity contribution >= 4 is 30.1 Å². The van der Waals surface area contributed by atoms with Gasteiger partial charge in [0.25, 0.3) is 0 Å². The van der Waals surface area contributed by atoms with Crippen LogP contribution < -0.4 is 5.73 Å². The Morgan fingerprint density at radius 3 is 2.60 bits per heavy atom. The molecule has 0 unspecified atom stereocenters. The van der Waals surface area contributed by atoms with Crippen LogP contribution >= 0.6 is 30.1 Å². The zero-order valence-corrected chi connectivity index (χ0v) is 11.1. The second kappa shape index (κ2) is 5.18. The average Bonchev–Trinajstić information content (AvgIpc) is 2.30. The maximum Gasteiger partial charge on any atom is 0.0467 e. The topological polar surface area (TPSA) is 26.0 Å². The molecule has 1 aromatic rings. The maximum absolute atomic E-state index is 6.22. The van der Waals surface area contributed by atoms with Gasteiger partial charge in [0.1, 0.15) is 0 Å². The lowest BCUT2D eigenvalue weighted by Crippen LogP contribution is -2.29. The Balaban J connectivity index is 2.26. The molecule has 0 aliphatic heterocycles. The predicted octanol–water partition coefficient (Wildman–Crippen LogP) is 3.63. The van der Waals surface area contributed by atoms with Crippen LogP contribution in [0.15, 0.2) is 53.5 Å². The fourth-order valence-electron chi connectivity index (χ4n) is 1.75. The van der Waals surface area contributed by atoms with Gasteiger partial charge in [-0.05, 0) is 5.56 Å². The summed E-state index contributed by atoms with van der Waals surface area (Å²) in [6.07, 6.45) is 6.37. The summed E-state index contributed by atoms with van der Waals surface area (Å²) in [6.45, 7) is 0. The SMILES string of the molecule is N[C@H]1C(SI)=CC=C[C@@H]1c1ccccc1. The minimum atomic E-state index is 0.0966. The normalized spacial score (nSPS) is 25.1. The Morgan fingerprint density at radius 1 is 1.20 bits per heavy atom. The number of rotatable bonds is 2. The maximum atomic E-state index is 6.22. The molecule has 0 heterocycles. The van der Waals surface area contributed by atoms with E-state index in [0.717, 1.165) is 0 Å². The van der Waals surface area contributed by atoms with E-state index in [1.54, 1.807) is 8.93 Å². The lowest BCUT2D eigenvalue weighted by molar-refractivity contribution is 0.705. The lowest BCUT2D eigenvalue weighted by atomic mass is 9.89. The number of benzene rings is 1. The molecule has 1 nitrogen and oxygen atoms in total. The Morgan fingerprint density at radius 2 is 1.93 bits per heavy atom. The first-order valence-electron chi connectivity index (χ1n) is 4.80. The highest BCUT2D eigenvalue weighted by Crippen LogP contribution is 2.35. The summed E-state index contributed by atoms with van der Waals surface area (Å²) in [5.74, 6) is 0.313. The number of hydrogen-bond donors (Lipinski definition) is 1. The molecule has 1 aliphatic rings. The third kappa shape index (κ3) is 2.46. The van der Waals surface area contributed by atoms with Gasteiger partial charge in [0.2, 0.25) is 0 Å². The number of nitrogens with two attached hydrogens (primary N) is 1. The second-order valence-electron chi connectivity index (χ2n) is 3.49. The van der Waals surface area contributed by atoms with Crippen LogP contribution in [-0.2, 0) is 0 Å². The molecule has 2 atom stereocenters. The molecule has 0 saturated heterocycles. The van der Waals surface area contributed by atoms with Crippen molar-refractivity contribution in [2.24, 2.45) is 5.73 Å². The Bertz CT molecular complexity index is 386. The Hall–Kier alpha value is -0.260. The van der Waals surface area contributed by atoms with Crippen LogP contribution in [0.5, 0.6) is 0 Å². The van der Waals surface area contributed by atoms with E-state index >= 15 is 0 Å². The van der Waals surface area contributed by atoms with E-state index in [1.807, 2.05) is 6.07 Å². The van der Waals surface area contributed by atoms with Gasteiger partial charge in [-0.25, -0.2) is 0 Å². The predicted molar refractivity (Wildman–Crippen MR) is 76.0 cm³/mol. The monoisotopic (exact) mass is 329 g/mol. The fraction of sp³-hybridized carbons (Fsp3) is 0.167. The van der Waals surface area contributed by atoms with E-state index in [2.05, 4.69) is 63.7 Å². The van der Waals surface area contributed by atoms with Crippen molar-refractivity contribution in [3.8, 4) is 0 Å². The highest BCUT2D eigenvalue weighted by atomic mass is 127. The van der Waals surface area contributed by atoms with Crippen LogP contribution in [0.25, 0.3) is 0 Å². The zero-order valence-electron chi connectivity index (χ0n) is 8.14. The average molecular weight is 329 g/mol. The van der Waals surface area contributed by atoms with E-state index in [-0.39, 0.29) is 6.04 Å². The van der Waals surface area contributed by atoms with Gasteiger partial charge >= 0.3 is 0 Å². The second-order valence-corrected chi connectivity index (χ2v) is 5.44. The van der Waals surface area contributed by atoms with Crippen LogP contribution in [0, 0.1) is 0 Å². The summed E-state index contributed by atoms with van der Waals surface area (Å²) in [7, 11) is 1.71. The smallest absolute Gasteiger partial charge is 0.0467 e. The molecule has 0 fully saturated rings. The molecule has 0 spiro atoms. The summed E-state index contributed by atoms with van der Waals surface area (Å²) >= 11 is 2.29. The minimum Gasteiger partial charge on any atom is -0.323 e. The summed E-state index contributed by atoms with van der Waals surface area (Å²) < 4.78 is 0. The molecular weight excluding hydrogens is 317 g/mol. The van der Waals surface area contributed by atoms with E-state index < -0.39 is 0 Å². The molecule has 2 N–H and O–H groups in total. The zero-order chi connectivity index (χ0) is 10.7. The molecular formula is C12H12INS. The van der Waals surface area contributed by atoms with Gasteiger partial charge in [0.15, 0.2) is 0 Å². The van der Waals surface area contributed by atoms with Crippen LogP contribution in [0.2, 0.25) is 0 Å². The van der Waals surface area contributed by atoms with Crippen LogP contribution in [0.1, 0.15) is 11.5 Å². The fourth-order valence-corrected chi connectivity index (χ4v) is 3.45. The molecule has 0 saturated carbocycles. The molecule has 0 bridgehead atoms. The first-order chi connectivity index (χ1) is 7.33. The van der Waals surface area contributed by atoms with Gasteiger partial charge in [-0.15, -0.1) is 0 Å². The molecule has 1 aromatic carbocycles. The van der Waals surface area contributed by atoms with Gasteiger partial charge in [0.05, 0.1) is 0 Å². The van der Waals surface area contributed by atoms with Crippen LogP contribution in [0.4, 0.5) is 0 Å². The summed E-state index contributed by atoms with van der Waals surface area (Å²) in [5, 5.41) is 0. The van der Waals surface area contributed by atoms with Crippen molar-refractivity contribution in [2.75, 3.05) is 0 Å². The molecule has 78 valence electrons. The molecule has 3 heteroatoms. The molecule has 15 heavy (non-hydrogen) atoms. The van der Waals surface area contributed by atoms with E-state index in [0.29, 0.717) is 5.92 Å². The first kappa shape index (κ1) is 11.2. The molecule has 1 aliphatic carbocycles. The van der Waals surface area contributed by atoms with Gasteiger partial charge in [-0.2, -0.15) is 0 Å². The van der Waals surface area contributed by atoms with Gasteiger partial charge in [0, 0.05) is 38.1 Å². The summed E-state index contributed by atoms with van der Waals surface area (Å²) in [5.41, 5.74) is 7.51. The van der Waals surface area contributed by atoms with Gasteiger partial charge in [-0.3, -0.25) is 0 Å². The quantitative estimate of drug-likeness (QED) is 0.839. The first-order valence-corrected chi connectivity index (χ1v) is 8.16. The van der Waals surface area contributed by atoms with Crippen molar-refractivity contribution in [1.29, 1.82) is 0 Å². The third-order valence-corrected chi connectivity index (χ3v) is 4.68. The van der Waals surface area contributed by atoms with Crippen molar-refractivity contribution in [3.63, 3.8) is 0 Å². The van der Waals surface area contributed by atoms with Crippen molar-refractivity contribution in [2.45, 2.75) is 12.0 Å². The third-order valence-electron chi connectivity index (χ3n) is 2.57. The molecule has 0 radical (unpaired) electrons. The summed E-state index contributed by atoms with van der Waals surface area (Å²) in [4.78, 5) is 1.24. The molecule has 2 rings (SSSR count). The standard InChI is InChI=1S/C12H12INS/c13-15-11-8-4-7-10(12(11)14)9-5-2-1-3-6-9/h1-8,10,12H,14H2/t10-,12-/m1/s1. The van der Waals surface area contributed by atoms with Crippen molar-refractivity contribution < 1.29 is 0 Å². The van der Waals surface area contributed by atoms with Crippen molar-refractivity contribution in [1.82, 2.24) is 0 Å². The van der Waals surface area contributed by atoms with Crippen LogP contribution in [0.3, 0.4) is 0 Å². The van der Waals surface area contributed by atoms with E-state index in [1.165, 1.54) is 10.5 Å². The Kier molecular flexibility index (Phi) is 3.88. The highest BCUT2D eigenvalue weighted by molar-refractivity contribution is 14.2. The lowest BCUT2D eigenvalue weighted by Gasteiger charge is -2.25. The Labute approximate surface area is 106 Å². The van der Waals surface area contributed by atoms with Crippen LogP contribution in [-0.4, -0.2) is 6.04 Å². The van der Waals surface area contributed by atoms with Gasteiger partial charge < -0.3 is 5.73 Å². The van der Waals surface area contributed by atoms with E-state index in [9.17, 15) is 0 Å². The summed E-state index contributed by atoms with van der Waals surface area (Å²) in [6, 6.07) is 10.5. The largest absolute Gasteiger partial charge is 0.323 e.